The summed E-state index contributed by atoms with van der Waals surface area (Å²) >= 11 is 0. The molecule has 1 heterocycles. The van der Waals surface area contributed by atoms with Crippen molar-refractivity contribution in [1.82, 2.24) is 19.8 Å². The van der Waals surface area contributed by atoms with Crippen LogP contribution in [0.3, 0.4) is 0 Å². The molecular weight excluding hydrogens is 510 g/mol. The Hall–Kier alpha value is -0.340. The van der Waals surface area contributed by atoms with Crippen LogP contribution in [0.4, 0.5) is 13.2 Å². The molecule has 0 aromatic heterocycles. The lowest BCUT2D eigenvalue weighted by Gasteiger charge is -2.33. The molecule has 0 radical (unpaired) electrons. The van der Waals surface area contributed by atoms with Crippen LogP contribution in [-0.4, -0.2) is 80.4 Å². The minimum atomic E-state index is -5.25. The van der Waals surface area contributed by atoms with E-state index in [1.54, 1.807) is 7.05 Å². The molecule has 0 unspecified atom stereocenters. The van der Waals surface area contributed by atoms with Crippen molar-refractivity contribution in [3.8, 4) is 0 Å². The van der Waals surface area contributed by atoms with Crippen molar-refractivity contribution in [3.05, 3.63) is 0 Å². The summed E-state index contributed by atoms with van der Waals surface area (Å²) in [6, 6.07) is 0.713. The molecule has 1 rings (SSSR count). The van der Waals surface area contributed by atoms with Crippen molar-refractivity contribution < 1.29 is 21.6 Å². The third-order valence-corrected chi connectivity index (χ3v) is 6.27. The minimum Gasteiger partial charge on any atom is -0.355 e. The first-order valence-corrected chi connectivity index (χ1v) is 10.6. The lowest BCUT2D eigenvalue weighted by molar-refractivity contribution is -0.0494. The second-order valence-electron chi connectivity index (χ2n) is 7.19. The molecule has 0 aromatic rings. The van der Waals surface area contributed by atoms with Crippen molar-refractivity contribution in [1.29, 1.82) is 0 Å². The Bertz CT molecular complexity index is 584. The first-order valence-electron chi connectivity index (χ1n) is 9.19. The van der Waals surface area contributed by atoms with Crippen molar-refractivity contribution in [3.63, 3.8) is 0 Å². The molecule has 28 heavy (non-hydrogen) atoms. The smallest absolute Gasteiger partial charge is 0.355 e. The van der Waals surface area contributed by atoms with Crippen molar-refractivity contribution in [2.45, 2.75) is 64.2 Å². The molecule has 1 aliphatic heterocycles. The summed E-state index contributed by atoms with van der Waals surface area (Å²) in [4.78, 5) is 6.47. The summed E-state index contributed by atoms with van der Waals surface area (Å²) in [5.41, 5.74) is -5.25. The second kappa shape index (κ2) is 11.7. The van der Waals surface area contributed by atoms with Gasteiger partial charge in [0.15, 0.2) is 5.96 Å². The van der Waals surface area contributed by atoms with Crippen molar-refractivity contribution in [2.24, 2.45) is 4.99 Å². The Morgan fingerprint density at radius 2 is 1.68 bits per heavy atom. The molecule has 0 saturated carbocycles. The zero-order valence-corrected chi connectivity index (χ0v) is 20.2. The SMILES string of the molecule is CN=C(NCCN(C(C)C)C(C)C)NC1CCN(S(=O)(=O)C(F)(F)F)CC1.I. The zero-order valence-electron chi connectivity index (χ0n) is 17.1. The van der Waals surface area contributed by atoms with Crippen LogP contribution in [0.5, 0.6) is 0 Å². The van der Waals surface area contributed by atoms with Gasteiger partial charge in [-0.05, 0) is 40.5 Å². The van der Waals surface area contributed by atoms with Crippen LogP contribution in [0, 0.1) is 0 Å². The molecule has 0 aromatic carbocycles. The van der Waals surface area contributed by atoms with Crippen LogP contribution in [0.2, 0.25) is 0 Å². The first kappa shape index (κ1) is 27.7. The number of nitrogens with one attached hydrogen (secondary N) is 2. The highest BCUT2D eigenvalue weighted by molar-refractivity contribution is 14.0. The number of aliphatic imine (C=N–C) groups is 1. The van der Waals surface area contributed by atoms with Crippen LogP contribution < -0.4 is 10.6 Å². The van der Waals surface area contributed by atoms with E-state index < -0.39 is 15.5 Å². The number of piperidine rings is 1. The van der Waals surface area contributed by atoms with E-state index in [2.05, 4.69) is 48.2 Å². The summed E-state index contributed by atoms with van der Waals surface area (Å²) in [5, 5.41) is 6.37. The number of hydrogen-bond donors (Lipinski definition) is 2. The van der Waals surface area contributed by atoms with Gasteiger partial charge < -0.3 is 10.6 Å². The van der Waals surface area contributed by atoms with Crippen LogP contribution in [-0.2, 0) is 10.0 Å². The molecule has 1 fully saturated rings. The summed E-state index contributed by atoms with van der Waals surface area (Å²) in [6.45, 7) is 9.73. The van der Waals surface area contributed by atoms with E-state index in [0.717, 1.165) is 6.54 Å². The lowest BCUT2D eigenvalue weighted by Crippen LogP contribution is -2.52. The summed E-state index contributed by atoms with van der Waals surface area (Å²) in [5.74, 6) is 0.569. The van der Waals surface area contributed by atoms with E-state index in [4.69, 9.17) is 0 Å². The second-order valence-corrected chi connectivity index (χ2v) is 9.12. The first-order chi connectivity index (χ1) is 12.4. The highest BCUT2D eigenvalue weighted by Crippen LogP contribution is 2.28. The predicted octanol–water partition coefficient (Wildman–Crippen LogP) is 2.20. The highest BCUT2D eigenvalue weighted by atomic mass is 127. The Labute approximate surface area is 183 Å². The maximum Gasteiger partial charge on any atom is 0.511 e. The Morgan fingerprint density at radius 1 is 1.18 bits per heavy atom. The van der Waals surface area contributed by atoms with Gasteiger partial charge in [0.1, 0.15) is 0 Å². The fraction of sp³-hybridized carbons (Fsp3) is 0.938. The quantitative estimate of drug-likeness (QED) is 0.293. The standard InChI is InChI=1S/C16H32F3N5O2S.HI/c1-12(2)24(13(3)4)11-8-21-15(20-5)22-14-6-9-23(10-7-14)27(25,26)16(17,18)19;/h12-14H,6-11H2,1-5H3,(H2,20,21,22);1H. The molecular formula is C16H33F3IN5O2S. The summed E-state index contributed by atoms with van der Waals surface area (Å²) in [6.07, 6.45) is 0.584. The molecule has 0 atom stereocenters. The van der Waals surface area contributed by atoms with Gasteiger partial charge in [0.25, 0.3) is 0 Å². The molecule has 0 amide bonds. The largest absolute Gasteiger partial charge is 0.511 e. The van der Waals surface area contributed by atoms with Gasteiger partial charge >= 0.3 is 15.5 Å². The molecule has 1 saturated heterocycles. The molecule has 0 bridgehead atoms. The van der Waals surface area contributed by atoms with Crippen LogP contribution >= 0.6 is 24.0 Å². The van der Waals surface area contributed by atoms with Gasteiger partial charge in [-0.1, -0.05) is 0 Å². The maximum absolute atomic E-state index is 12.6. The average Bonchev–Trinajstić information content (AvgIpc) is 2.56. The van der Waals surface area contributed by atoms with Gasteiger partial charge in [-0.3, -0.25) is 9.89 Å². The number of rotatable bonds is 7. The Balaban J connectivity index is 0.00000729. The van der Waals surface area contributed by atoms with Crippen molar-refractivity contribution >= 4 is 40.0 Å². The van der Waals surface area contributed by atoms with Gasteiger partial charge in [0.05, 0.1) is 0 Å². The van der Waals surface area contributed by atoms with Crippen LogP contribution in [0.25, 0.3) is 0 Å². The van der Waals surface area contributed by atoms with E-state index >= 15 is 0 Å². The third-order valence-electron chi connectivity index (χ3n) is 4.64. The molecule has 168 valence electrons. The normalized spacial score (nSPS) is 17.9. The monoisotopic (exact) mass is 543 g/mol. The number of alkyl halides is 3. The molecule has 2 N–H and O–H groups in total. The van der Waals surface area contributed by atoms with Gasteiger partial charge in [-0.25, -0.2) is 8.42 Å². The number of halogens is 4. The highest BCUT2D eigenvalue weighted by Gasteiger charge is 2.50. The number of sulfonamides is 1. The number of hydrogen-bond acceptors (Lipinski definition) is 4. The molecule has 0 aliphatic carbocycles. The molecule has 7 nitrogen and oxygen atoms in total. The van der Waals surface area contributed by atoms with Gasteiger partial charge in [0, 0.05) is 51.4 Å². The average molecular weight is 543 g/mol. The van der Waals surface area contributed by atoms with Crippen LogP contribution in [0.1, 0.15) is 40.5 Å². The predicted molar refractivity (Wildman–Crippen MR) is 116 cm³/mol. The summed E-state index contributed by atoms with van der Waals surface area (Å²) in [7, 11) is -3.62. The summed E-state index contributed by atoms with van der Waals surface area (Å²) < 4.78 is 61.3. The number of guanidine groups is 1. The van der Waals surface area contributed by atoms with Crippen LogP contribution in [0.15, 0.2) is 4.99 Å². The number of nitrogens with zero attached hydrogens (tertiary/aromatic N) is 3. The Kier molecular flexibility index (Phi) is 11.6. The van der Waals surface area contributed by atoms with E-state index in [1.807, 2.05) is 0 Å². The fourth-order valence-electron chi connectivity index (χ4n) is 3.19. The Morgan fingerprint density at radius 3 is 2.07 bits per heavy atom. The van der Waals surface area contributed by atoms with E-state index in [-0.39, 0.29) is 43.1 Å². The minimum absolute atomic E-state index is 0. The van der Waals surface area contributed by atoms with Gasteiger partial charge in [-0.15, -0.1) is 24.0 Å². The lowest BCUT2D eigenvalue weighted by atomic mass is 10.1. The van der Waals surface area contributed by atoms with E-state index in [9.17, 15) is 21.6 Å². The molecule has 0 spiro atoms. The van der Waals surface area contributed by atoms with E-state index in [1.165, 1.54) is 0 Å². The zero-order chi connectivity index (χ0) is 20.8. The van der Waals surface area contributed by atoms with Gasteiger partial charge in [0.2, 0.25) is 0 Å². The fourth-order valence-corrected chi connectivity index (χ4v) is 4.18. The van der Waals surface area contributed by atoms with Gasteiger partial charge in [-0.2, -0.15) is 17.5 Å². The molecule has 12 heteroatoms. The molecule has 1 aliphatic rings. The third kappa shape index (κ3) is 7.82. The van der Waals surface area contributed by atoms with E-state index in [0.29, 0.717) is 41.7 Å². The van der Waals surface area contributed by atoms with Crippen molar-refractivity contribution in [2.75, 3.05) is 33.2 Å². The topological polar surface area (TPSA) is 77.0 Å². The maximum atomic E-state index is 12.6.